The normalized spacial score (nSPS) is 15.2. The van der Waals surface area contributed by atoms with Crippen LogP contribution in [0.15, 0.2) is 41.4 Å². The number of aryl methyl sites for hydroxylation is 2. The first kappa shape index (κ1) is 22.4. The largest absolute Gasteiger partial charge is 0.454 e. The molecule has 0 bridgehead atoms. The van der Waals surface area contributed by atoms with Gasteiger partial charge in [-0.3, -0.25) is 4.40 Å². The van der Waals surface area contributed by atoms with Crippen molar-refractivity contribution in [2.24, 2.45) is 0 Å². The van der Waals surface area contributed by atoms with E-state index >= 15 is 0 Å². The third-order valence-electron chi connectivity index (χ3n) is 5.86. The first-order valence-electron chi connectivity index (χ1n) is 10.9. The highest BCUT2D eigenvalue weighted by molar-refractivity contribution is 7.89. The highest BCUT2D eigenvalue weighted by atomic mass is 32.2. The number of hydrogen-bond acceptors (Lipinski definition) is 8. The summed E-state index contributed by atoms with van der Waals surface area (Å²) in [5, 5.41) is 8.00. The smallest absolute Gasteiger partial charge is 0.340 e. The molecule has 1 aliphatic heterocycles. The molecule has 0 unspecified atom stereocenters. The molecule has 0 N–H and O–H groups in total. The van der Waals surface area contributed by atoms with Gasteiger partial charge in [0.1, 0.15) is 18.3 Å². The van der Waals surface area contributed by atoms with Crippen molar-refractivity contribution in [2.45, 2.75) is 31.9 Å². The number of carbonyl (C=O) groups is 1. The number of hydrogen-bond donors (Lipinski definition) is 0. The Morgan fingerprint density at radius 3 is 2.71 bits per heavy atom. The molecule has 3 aromatic heterocycles. The molecule has 12 heteroatoms. The molecule has 0 atom stereocenters. The van der Waals surface area contributed by atoms with E-state index in [0.717, 1.165) is 5.52 Å². The van der Waals surface area contributed by atoms with Gasteiger partial charge in [0, 0.05) is 25.8 Å². The van der Waals surface area contributed by atoms with Crippen molar-refractivity contribution in [3.8, 4) is 0 Å². The predicted molar refractivity (Wildman–Crippen MR) is 122 cm³/mol. The van der Waals surface area contributed by atoms with Crippen LogP contribution in [0.5, 0.6) is 0 Å². The van der Waals surface area contributed by atoms with Crippen molar-refractivity contribution in [2.75, 3.05) is 26.3 Å². The molecule has 0 spiro atoms. The average Bonchev–Trinajstić information content (AvgIpc) is 3.41. The number of esters is 1. The van der Waals surface area contributed by atoms with E-state index in [1.165, 1.54) is 4.31 Å². The SMILES string of the molecule is CCn1c(COC(=O)c2ccc3nnc(C)n3c2)nc2cc(S(=O)(=O)N3CCOCC3)ccc21. The molecule has 1 aromatic carbocycles. The molecule has 1 fully saturated rings. The van der Waals surface area contributed by atoms with Gasteiger partial charge in [-0.25, -0.2) is 18.2 Å². The van der Waals surface area contributed by atoms with Crippen molar-refractivity contribution in [3.05, 3.63) is 53.7 Å². The number of carbonyl (C=O) groups excluding carboxylic acids is 1. The second-order valence-electron chi connectivity index (χ2n) is 7.91. The Balaban J connectivity index is 1.39. The quantitative estimate of drug-likeness (QED) is 0.380. The fourth-order valence-electron chi connectivity index (χ4n) is 4.06. The second kappa shape index (κ2) is 8.78. The van der Waals surface area contributed by atoms with Crippen LogP contribution in [0.25, 0.3) is 16.7 Å². The van der Waals surface area contributed by atoms with Crippen molar-refractivity contribution in [1.29, 1.82) is 0 Å². The van der Waals surface area contributed by atoms with Crippen LogP contribution in [0.4, 0.5) is 0 Å². The fraction of sp³-hybridized carbons (Fsp3) is 0.364. The Bertz CT molecular complexity index is 1490. The molecular formula is C22H24N6O5S. The maximum atomic E-state index is 13.0. The van der Waals surface area contributed by atoms with Gasteiger partial charge >= 0.3 is 5.97 Å². The lowest BCUT2D eigenvalue weighted by Gasteiger charge is -2.26. The lowest BCUT2D eigenvalue weighted by molar-refractivity contribution is 0.0458. The third kappa shape index (κ3) is 3.93. The van der Waals surface area contributed by atoms with Gasteiger partial charge in [0.25, 0.3) is 0 Å². The highest BCUT2D eigenvalue weighted by Gasteiger charge is 2.27. The van der Waals surface area contributed by atoms with Crippen molar-refractivity contribution in [1.82, 2.24) is 28.5 Å². The molecular weight excluding hydrogens is 460 g/mol. The Morgan fingerprint density at radius 2 is 1.94 bits per heavy atom. The molecule has 0 amide bonds. The minimum absolute atomic E-state index is 0.0495. The summed E-state index contributed by atoms with van der Waals surface area (Å²) in [5.74, 6) is 0.703. The van der Waals surface area contributed by atoms with Gasteiger partial charge in [0.15, 0.2) is 5.65 Å². The van der Waals surface area contributed by atoms with Gasteiger partial charge in [0.2, 0.25) is 10.0 Å². The average molecular weight is 485 g/mol. The summed E-state index contributed by atoms with van der Waals surface area (Å²) in [5.41, 5.74) is 2.32. The molecule has 1 aliphatic rings. The molecule has 34 heavy (non-hydrogen) atoms. The number of ether oxygens (including phenoxy) is 2. The standard InChI is InChI=1S/C22H24N6O5S/c1-3-27-19-6-5-17(34(30,31)26-8-10-32-11-9-26)12-18(19)23-21(27)14-33-22(29)16-4-7-20-25-24-15(2)28(20)13-16/h4-7,12-13H,3,8-11,14H2,1-2H3. The zero-order chi connectivity index (χ0) is 23.9. The number of benzene rings is 1. The van der Waals surface area contributed by atoms with Crippen LogP contribution in [0.1, 0.15) is 28.9 Å². The molecule has 4 heterocycles. The molecule has 1 saturated heterocycles. The lowest BCUT2D eigenvalue weighted by Crippen LogP contribution is -2.40. The van der Waals surface area contributed by atoms with Crippen LogP contribution in [-0.2, 0) is 32.6 Å². The lowest BCUT2D eigenvalue weighted by atomic mass is 10.3. The number of pyridine rings is 1. The van der Waals surface area contributed by atoms with Crippen molar-refractivity contribution >= 4 is 32.7 Å². The van der Waals surface area contributed by atoms with Crippen LogP contribution < -0.4 is 0 Å². The van der Waals surface area contributed by atoms with Gasteiger partial charge in [-0.2, -0.15) is 4.31 Å². The minimum atomic E-state index is -3.64. The number of morpholine rings is 1. The molecule has 0 radical (unpaired) electrons. The maximum absolute atomic E-state index is 13.0. The van der Waals surface area contributed by atoms with Crippen LogP contribution in [0.3, 0.4) is 0 Å². The second-order valence-corrected chi connectivity index (χ2v) is 9.85. The number of nitrogens with zero attached hydrogens (tertiary/aromatic N) is 6. The Hall–Kier alpha value is -3.35. The van der Waals surface area contributed by atoms with Gasteiger partial charge in [-0.1, -0.05) is 0 Å². The first-order chi connectivity index (χ1) is 16.4. The van der Waals surface area contributed by atoms with E-state index in [0.29, 0.717) is 61.2 Å². The summed E-state index contributed by atoms with van der Waals surface area (Å²) in [6.45, 7) is 5.70. The minimum Gasteiger partial charge on any atom is -0.454 e. The number of aromatic nitrogens is 5. The summed E-state index contributed by atoms with van der Waals surface area (Å²) < 4.78 is 41.9. The van der Waals surface area contributed by atoms with E-state index in [1.54, 1.807) is 47.9 Å². The van der Waals surface area contributed by atoms with E-state index in [-0.39, 0.29) is 11.5 Å². The molecule has 11 nitrogen and oxygen atoms in total. The van der Waals surface area contributed by atoms with Crippen LogP contribution in [-0.4, -0.2) is 69.1 Å². The molecule has 4 aromatic rings. The van der Waals surface area contributed by atoms with Crippen LogP contribution in [0, 0.1) is 6.92 Å². The summed E-state index contributed by atoms with van der Waals surface area (Å²) in [4.78, 5) is 17.4. The number of sulfonamides is 1. The number of fused-ring (bicyclic) bond motifs is 2. The molecule has 178 valence electrons. The van der Waals surface area contributed by atoms with Gasteiger partial charge < -0.3 is 14.0 Å². The van der Waals surface area contributed by atoms with Gasteiger partial charge in [-0.15, -0.1) is 10.2 Å². The van der Waals surface area contributed by atoms with Crippen molar-refractivity contribution in [3.63, 3.8) is 0 Å². The summed E-state index contributed by atoms with van der Waals surface area (Å²) in [7, 11) is -3.64. The third-order valence-corrected chi connectivity index (χ3v) is 7.76. The van der Waals surface area contributed by atoms with Crippen LogP contribution >= 0.6 is 0 Å². The highest BCUT2D eigenvalue weighted by Crippen LogP contribution is 2.24. The summed E-state index contributed by atoms with van der Waals surface area (Å²) in [6.07, 6.45) is 1.64. The van der Waals surface area contributed by atoms with E-state index in [4.69, 9.17) is 9.47 Å². The first-order valence-corrected chi connectivity index (χ1v) is 12.4. The molecule has 0 saturated carbocycles. The predicted octanol–water partition coefficient (Wildman–Crippen LogP) is 1.79. The number of imidazole rings is 1. The molecule has 5 rings (SSSR count). The summed E-state index contributed by atoms with van der Waals surface area (Å²) >= 11 is 0. The van der Waals surface area contributed by atoms with Gasteiger partial charge in [0.05, 0.1) is 34.7 Å². The van der Waals surface area contributed by atoms with E-state index in [1.807, 2.05) is 11.5 Å². The monoisotopic (exact) mass is 484 g/mol. The number of rotatable bonds is 6. The van der Waals surface area contributed by atoms with Crippen molar-refractivity contribution < 1.29 is 22.7 Å². The van der Waals surface area contributed by atoms with E-state index in [2.05, 4.69) is 15.2 Å². The summed E-state index contributed by atoms with van der Waals surface area (Å²) in [6, 6.07) is 8.24. The zero-order valence-electron chi connectivity index (χ0n) is 18.8. The fourth-order valence-corrected chi connectivity index (χ4v) is 5.49. The molecule has 0 aliphatic carbocycles. The van der Waals surface area contributed by atoms with Crippen LogP contribution in [0.2, 0.25) is 0 Å². The Labute approximate surface area is 196 Å². The van der Waals surface area contributed by atoms with E-state index < -0.39 is 16.0 Å². The zero-order valence-corrected chi connectivity index (χ0v) is 19.7. The topological polar surface area (TPSA) is 121 Å². The van der Waals surface area contributed by atoms with Gasteiger partial charge in [-0.05, 0) is 44.2 Å². The Morgan fingerprint density at radius 1 is 1.15 bits per heavy atom. The maximum Gasteiger partial charge on any atom is 0.340 e. The Kier molecular flexibility index (Phi) is 5.80. The van der Waals surface area contributed by atoms with E-state index in [9.17, 15) is 13.2 Å².